The first-order chi connectivity index (χ1) is 20.0. The van der Waals surface area contributed by atoms with Crippen LogP contribution in [0.3, 0.4) is 0 Å². The van der Waals surface area contributed by atoms with Crippen LogP contribution in [0.15, 0.2) is 48.5 Å². The quantitative estimate of drug-likeness (QED) is 0.363. The Kier molecular flexibility index (Phi) is 8.29. The lowest BCUT2D eigenvalue weighted by Gasteiger charge is -2.47. The molecular formula is C29H32ClF3N4O3S2. The molecule has 3 aliphatic rings. The van der Waals surface area contributed by atoms with Gasteiger partial charge in [0.25, 0.3) is 0 Å². The molecule has 5 atom stereocenters. The van der Waals surface area contributed by atoms with Gasteiger partial charge in [0.1, 0.15) is 5.01 Å². The van der Waals surface area contributed by atoms with Gasteiger partial charge in [-0.2, -0.15) is 17.5 Å². The second-order valence-electron chi connectivity index (χ2n) is 11.6. The van der Waals surface area contributed by atoms with Crippen LogP contribution in [0.25, 0.3) is 10.2 Å². The van der Waals surface area contributed by atoms with E-state index < -0.39 is 15.5 Å². The van der Waals surface area contributed by atoms with E-state index in [0.29, 0.717) is 9.33 Å². The lowest BCUT2D eigenvalue weighted by molar-refractivity contribution is -0.126. The molecule has 226 valence electrons. The van der Waals surface area contributed by atoms with E-state index in [0.717, 1.165) is 40.1 Å². The number of sulfonamides is 1. The van der Waals surface area contributed by atoms with Crippen LogP contribution in [-0.4, -0.2) is 60.3 Å². The van der Waals surface area contributed by atoms with Crippen LogP contribution >= 0.6 is 22.9 Å². The van der Waals surface area contributed by atoms with Crippen molar-refractivity contribution in [2.24, 2.45) is 11.8 Å². The number of benzene rings is 2. The molecule has 2 aromatic carbocycles. The zero-order valence-corrected chi connectivity index (χ0v) is 25.1. The summed E-state index contributed by atoms with van der Waals surface area (Å²) in [4.78, 5) is 17.7. The highest BCUT2D eigenvalue weighted by Crippen LogP contribution is 2.46. The highest BCUT2D eigenvalue weighted by molar-refractivity contribution is 7.90. The Morgan fingerprint density at radius 1 is 1.05 bits per heavy atom. The van der Waals surface area contributed by atoms with Crippen LogP contribution in [0, 0.1) is 11.8 Å². The molecule has 2 saturated heterocycles. The third-order valence-corrected chi connectivity index (χ3v) is 12.0. The Morgan fingerprint density at radius 2 is 1.76 bits per heavy atom. The third kappa shape index (κ3) is 5.93. The minimum atomic E-state index is -5.34. The standard InChI is InChI=1S/C29H32ClF3N4O3S2/c30-19-8-5-17(6-9-19)27(28-36-23-3-1-2-4-25(23)41-28)18-7-10-22-21(15-18)24(16-26(38)35-22)34-20-11-13-37(14-12-20)42(39,40)29(31,32)33/h1-6,8-9,18,20-22,24,27,34H,7,10-16H2,(H,35,38). The van der Waals surface area contributed by atoms with Gasteiger partial charge < -0.3 is 10.6 Å². The number of alkyl halides is 3. The van der Waals surface area contributed by atoms with Crippen LogP contribution < -0.4 is 10.6 Å². The van der Waals surface area contributed by atoms with Crippen LogP contribution in [0.2, 0.25) is 5.02 Å². The Balaban J connectivity index is 1.22. The normalized spacial score (nSPS) is 27.0. The van der Waals surface area contributed by atoms with E-state index in [1.807, 2.05) is 30.3 Å². The highest BCUT2D eigenvalue weighted by Gasteiger charge is 2.51. The van der Waals surface area contributed by atoms with Gasteiger partial charge in [-0.15, -0.1) is 11.3 Å². The second-order valence-corrected chi connectivity index (χ2v) is 15.0. The van der Waals surface area contributed by atoms with Gasteiger partial charge in [0.05, 0.1) is 10.2 Å². The number of rotatable bonds is 6. The van der Waals surface area contributed by atoms with E-state index in [9.17, 15) is 26.4 Å². The molecule has 2 aliphatic heterocycles. The molecule has 1 amide bonds. The van der Waals surface area contributed by atoms with Crippen molar-refractivity contribution in [1.29, 1.82) is 0 Å². The van der Waals surface area contributed by atoms with Crippen LogP contribution in [0.5, 0.6) is 0 Å². The van der Waals surface area contributed by atoms with Crippen LogP contribution in [0.1, 0.15) is 55.0 Å². The first-order valence-electron chi connectivity index (χ1n) is 14.2. The number of nitrogens with zero attached hydrogens (tertiary/aromatic N) is 2. The van der Waals surface area contributed by atoms with E-state index in [1.54, 1.807) is 11.3 Å². The largest absolute Gasteiger partial charge is 0.511 e. The average Bonchev–Trinajstić information content (AvgIpc) is 3.38. The number of nitrogens with one attached hydrogen (secondary N) is 2. The highest BCUT2D eigenvalue weighted by atomic mass is 35.5. The number of aromatic nitrogens is 1. The Labute approximate surface area is 251 Å². The summed E-state index contributed by atoms with van der Waals surface area (Å²) in [5.74, 6) is 0.396. The Bertz CT molecular complexity index is 1510. The number of carbonyl (C=O) groups excluding carboxylic acids is 1. The SMILES string of the molecule is O=C1CC(NC2CCN(S(=O)(=O)C(F)(F)F)CC2)C2CC(C(c3ccc(Cl)cc3)c3nc4ccccc4s3)CCC2N1. The predicted molar refractivity (Wildman–Crippen MR) is 157 cm³/mol. The fraction of sp³-hybridized carbons (Fsp3) is 0.517. The summed E-state index contributed by atoms with van der Waals surface area (Å²) < 4.78 is 64.5. The molecule has 3 fully saturated rings. The third-order valence-electron chi connectivity index (χ3n) is 9.02. The van der Waals surface area contributed by atoms with Crippen molar-refractivity contribution in [1.82, 2.24) is 19.9 Å². The molecule has 0 bridgehead atoms. The van der Waals surface area contributed by atoms with Gasteiger partial charge in [-0.3, -0.25) is 4.79 Å². The number of amides is 1. The maximum absolute atomic E-state index is 13.0. The number of hydrogen-bond acceptors (Lipinski definition) is 6. The first-order valence-corrected chi connectivity index (χ1v) is 16.9. The lowest BCUT2D eigenvalue weighted by Crippen LogP contribution is -2.60. The van der Waals surface area contributed by atoms with Gasteiger partial charge in [0, 0.05) is 48.6 Å². The summed E-state index contributed by atoms with van der Waals surface area (Å²) in [6, 6.07) is 15.7. The van der Waals surface area contributed by atoms with Gasteiger partial charge in [0.15, 0.2) is 0 Å². The summed E-state index contributed by atoms with van der Waals surface area (Å²) in [6.07, 6.45) is 3.36. The molecule has 1 saturated carbocycles. The van der Waals surface area contributed by atoms with Crippen molar-refractivity contribution in [2.45, 2.75) is 68.1 Å². The number of carbonyl (C=O) groups is 1. The molecule has 6 rings (SSSR count). The minimum absolute atomic E-state index is 0.00642. The Hall–Kier alpha value is -2.25. The minimum Gasteiger partial charge on any atom is -0.353 e. The van der Waals surface area contributed by atoms with Gasteiger partial charge in [0.2, 0.25) is 5.91 Å². The molecule has 1 aromatic heterocycles. The van der Waals surface area contributed by atoms with Crippen molar-refractivity contribution in [2.75, 3.05) is 13.1 Å². The van der Waals surface area contributed by atoms with Gasteiger partial charge in [-0.25, -0.2) is 13.4 Å². The number of fused-ring (bicyclic) bond motifs is 2. The average molecular weight is 641 g/mol. The van der Waals surface area contributed by atoms with Crippen molar-refractivity contribution < 1.29 is 26.4 Å². The summed E-state index contributed by atoms with van der Waals surface area (Å²) in [5, 5.41) is 8.46. The maximum Gasteiger partial charge on any atom is 0.511 e. The van der Waals surface area contributed by atoms with Crippen molar-refractivity contribution in [3.8, 4) is 0 Å². The van der Waals surface area contributed by atoms with E-state index in [4.69, 9.17) is 16.6 Å². The van der Waals surface area contributed by atoms with Gasteiger partial charge >= 0.3 is 15.5 Å². The number of para-hydroxylation sites is 1. The molecule has 42 heavy (non-hydrogen) atoms. The summed E-state index contributed by atoms with van der Waals surface area (Å²) in [7, 11) is -5.34. The van der Waals surface area contributed by atoms with Crippen LogP contribution in [-0.2, 0) is 14.8 Å². The molecule has 0 spiro atoms. The molecule has 3 heterocycles. The smallest absolute Gasteiger partial charge is 0.353 e. The Morgan fingerprint density at radius 3 is 2.45 bits per heavy atom. The molecule has 0 radical (unpaired) electrons. The zero-order chi connectivity index (χ0) is 29.6. The topological polar surface area (TPSA) is 91.4 Å². The number of piperidine rings is 2. The van der Waals surface area contributed by atoms with Gasteiger partial charge in [-0.05, 0) is 73.8 Å². The monoisotopic (exact) mass is 640 g/mol. The van der Waals surface area contributed by atoms with Gasteiger partial charge in [-0.1, -0.05) is 35.9 Å². The summed E-state index contributed by atoms with van der Waals surface area (Å²) in [5.41, 5.74) is -3.19. The molecular weight excluding hydrogens is 609 g/mol. The van der Waals surface area contributed by atoms with Crippen molar-refractivity contribution >= 4 is 49.1 Å². The van der Waals surface area contributed by atoms with E-state index in [1.165, 1.54) is 0 Å². The second kappa shape index (κ2) is 11.7. The summed E-state index contributed by atoms with van der Waals surface area (Å²) >= 11 is 7.93. The maximum atomic E-state index is 13.0. The fourth-order valence-electron chi connectivity index (χ4n) is 6.99. The number of thiazole rings is 1. The molecule has 2 N–H and O–H groups in total. The van der Waals surface area contributed by atoms with E-state index in [2.05, 4.69) is 28.8 Å². The molecule has 7 nitrogen and oxygen atoms in total. The summed E-state index contributed by atoms with van der Waals surface area (Å²) in [6.45, 7) is -0.406. The van der Waals surface area contributed by atoms with Crippen molar-refractivity contribution in [3.63, 3.8) is 0 Å². The molecule has 13 heteroatoms. The van der Waals surface area contributed by atoms with Crippen LogP contribution in [0.4, 0.5) is 13.2 Å². The molecule has 3 aromatic rings. The predicted octanol–water partition coefficient (Wildman–Crippen LogP) is 5.66. The van der Waals surface area contributed by atoms with E-state index in [-0.39, 0.29) is 74.1 Å². The fourth-order valence-corrected chi connectivity index (χ4v) is 9.29. The first kappa shape index (κ1) is 29.8. The molecule has 5 unspecified atom stereocenters. The van der Waals surface area contributed by atoms with E-state index >= 15 is 0 Å². The lowest BCUT2D eigenvalue weighted by atomic mass is 9.67. The number of halogens is 4. The number of hydrogen-bond donors (Lipinski definition) is 2. The van der Waals surface area contributed by atoms with Crippen molar-refractivity contribution in [3.05, 3.63) is 64.1 Å². The zero-order valence-electron chi connectivity index (χ0n) is 22.7. The molecule has 1 aliphatic carbocycles.